The van der Waals surface area contributed by atoms with Crippen molar-refractivity contribution in [3.05, 3.63) is 75.2 Å². The second kappa shape index (κ2) is 7.76. The Morgan fingerprint density at radius 1 is 1.25 bits per heavy atom. The topological polar surface area (TPSA) is 96.5 Å². The molecule has 0 atom stereocenters. The van der Waals surface area contributed by atoms with Crippen LogP contribution in [-0.2, 0) is 4.79 Å². The fourth-order valence-electron chi connectivity index (χ4n) is 2.65. The van der Waals surface area contributed by atoms with Crippen LogP contribution in [0.5, 0.6) is 11.6 Å². The van der Waals surface area contributed by atoms with Crippen molar-refractivity contribution in [3.63, 3.8) is 0 Å². The van der Waals surface area contributed by atoms with Gasteiger partial charge in [-0.3, -0.25) is 14.0 Å². The number of amides is 1. The first-order chi connectivity index (χ1) is 13.5. The van der Waals surface area contributed by atoms with E-state index < -0.39 is 11.5 Å². The highest BCUT2D eigenvalue weighted by molar-refractivity contribution is 6.01. The van der Waals surface area contributed by atoms with Crippen LogP contribution in [0.3, 0.4) is 0 Å². The molecular formula is C21H18N4O3. The summed E-state index contributed by atoms with van der Waals surface area (Å²) in [7, 11) is 1.41. The van der Waals surface area contributed by atoms with E-state index in [4.69, 9.17) is 4.74 Å². The molecule has 0 spiro atoms. The van der Waals surface area contributed by atoms with E-state index >= 15 is 0 Å². The number of pyridine rings is 1. The summed E-state index contributed by atoms with van der Waals surface area (Å²) in [6.45, 7) is 3.85. The van der Waals surface area contributed by atoms with Gasteiger partial charge in [0.15, 0.2) is 0 Å². The minimum Gasteiger partial charge on any atom is -0.438 e. The summed E-state index contributed by atoms with van der Waals surface area (Å²) in [5.41, 5.74) is 1.67. The third-order valence-corrected chi connectivity index (χ3v) is 4.38. The first-order valence-corrected chi connectivity index (χ1v) is 8.55. The van der Waals surface area contributed by atoms with Crippen molar-refractivity contribution in [2.45, 2.75) is 13.8 Å². The van der Waals surface area contributed by atoms with Gasteiger partial charge < -0.3 is 10.1 Å². The smallest absolute Gasteiger partial charge is 0.269 e. The standard InChI is InChI=1S/C21H18N4O3/c1-13-7-6-8-17(14(13)2)28-20-16(11-15(12-22)19(26)23-3)21(27)25-10-5-4-9-18(25)24-20/h4-11H,1-3H3,(H,23,26). The van der Waals surface area contributed by atoms with Crippen LogP contribution in [0.15, 0.2) is 53.0 Å². The molecule has 1 aromatic carbocycles. The predicted octanol–water partition coefficient (Wildman–Crippen LogP) is 2.76. The predicted molar refractivity (Wildman–Crippen MR) is 105 cm³/mol. The van der Waals surface area contributed by atoms with Crippen molar-refractivity contribution >= 4 is 17.6 Å². The molecule has 0 saturated heterocycles. The highest BCUT2D eigenvalue weighted by atomic mass is 16.5. The van der Waals surface area contributed by atoms with Gasteiger partial charge in [-0.15, -0.1) is 0 Å². The van der Waals surface area contributed by atoms with Crippen molar-refractivity contribution in [1.29, 1.82) is 5.26 Å². The number of likely N-dealkylation sites (N-methyl/N-ethyl adjacent to an activating group) is 1. The molecule has 3 aromatic rings. The van der Waals surface area contributed by atoms with Crippen LogP contribution >= 0.6 is 0 Å². The molecule has 0 aliphatic rings. The summed E-state index contributed by atoms with van der Waals surface area (Å²) in [6.07, 6.45) is 2.77. The Labute approximate surface area is 161 Å². The molecule has 3 rings (SSSR count). The van der Waals surface area contributed by atoms with Crippen LogP contribution in [0.4, 0.5) is 0 Å². The van der Waals surface area contributed by atoms with Gasteiger partial charge in [0.2, 0.25) is 5.88 Å². The van der Waals surface area contributed by atoms with Crippen molar-refractivity contribution in [1.82, 2.24) is 14.7 Å². The number of nitrogens with zero attached hydrogens (tertiary/aromatic N) is 3. The summed E-state index contributed by atoms with van der Waals surface area (Å²) in [6, 6.07) is 12.5. The van der Waals surface area contributed by atoms with Gasteiger partial charge in [0.25, 0.3) is 11.5 Å². The van der Waals surface area contributed by atoms with Gasteiger partial charge in [0, 0.05) is 13.2 Å². The van der Waals surface area contributed by atoms with Crippen LogP contribution in [0.2, 0.25) is 0 Å². The Morgan fingerprint density at radius 3 is 2.75 bits per heavy atom. The number of aryl methyl sites for hydroxylation is 1. The number of fused-ring (bicyclic) bond motifs is 1. The molecule has 1 N–H and O–H groups in total. The molecule has 2 aromatic heterocycles. The lowest BCUT2D eigenvalue weighted by molar-refractivity contribution is -0.116. The molecular weight excluding hydrogens is 356 g/mol. The van der Waals surface area contributed by atoms with Crippen molar-refractivity contribution in [2.24, 2.45) is 0 Å². The number of rotatable bonds is 4. The van der Waals surface area contributed by atoms with E-state index in [1.807, 2.05) is 26.0 Å². The van der Waals surface area contributed by atoms with Crippen LogP contribution < -0.4 is 15.6 Å². The lowest BCUT2D eigenvalue weighted by Gasteiger charge is -2.13. The number of nitriles is 1. The zero-order valence-electron chi connectivity index (χ0n) is 15.7. The van der Waals surface area contributed by atoms with E-state index in [1.54, 1.807) is 36.5 Å². The van der Waals surface area contributed by atoms with E-state index in [0.29, 0.717) is 11.4 Å². The van der Waals surface area contributed by atoms with Gasteiger partial charge in [-0.25, -0.2) is 0 Å². The van der Waals surface area contributed by atoms with Gasteiger partial charge in [-0.2, -0.15) is 10.2 Å². The molecule has 0 bridgehead atoms. The van der Waals surface area contributed by atoms with E-state index in [1.165, 1.54) is 17.5 Å². The van der Waals surface area contributed by atoms with Crippen LogP contribution in [-0.4, -0.2) is 22.3 Å². The SMILES string of the molecule is CNC(=O)C(C#N)=Cc1c(Oc2cccc(C)c2C)nc2ccccn2c1=O. The third-order valence-electron chi connectivity index (χ3n) is 4.38. The Hall–Kier alpha value is -3.92. The summed E-state index contributed by atoms with van der Waals surface area (Å²) in [4.78, 5) is 29.4. The van der Waals surface area contributed by atoms with E-state index in [2.05, 4.69) is 10.3 Å². The number of nitrogens with one attached hydrogen (secondary N) is 1. The average Bonchev–Trinajstić information content (AvgIpc) is 2.71. The quantitative estimate of drug-likeness (QED) is 0.559. The molecule has 28 heavy (non-hydrogen) atoms. The maximum absolute atomic E-state index is 13.0. The number of aromatic nitrogens is 2. The minimum atomic E-state index is -0.599. The molecule has 140 valence electrons. The maximum Gasteiger partial charge on any atom is 0.269 e. The largest absolute Gasteiger partial charge is 0.438 e. The third kappa shape index (κ3) is 3.48. The number of carbonyl (C=O) groups excluding carboxylic acids is 1. The number of hydrogen-bond acceptors (Lipinski definition) is 5. The van der Waals surface area contributed by atoms with E-state index in [9.17, 15) is 14.9 Å². The number of carbonyl (C=O) groups is 1. The minimum absolute atomic E-state index is 0.0183. The zero-order valence-corrected chi connectivity index (χ0v) is 15.7. The lowest BCUT2D eigenvalue weighted by Crippen LogP contribution is -2.22. The van der Waals surface area contributed by atoms with Gasteiger partial charge in [0.1, 0.15) is 28.6 Å². The molecule has 0 saturated carbocycles. The normalized spacial score (nSPS) is 11.1. The van der Waals surface area contributed by atoms with Gasteiger partial charge in [0.05, 0.1) is 0 Å². The summed E-state index contributed by atoms with van der Waals surface area (Å²) < 4.78 is 7.29. The first kappa shape index (κ1) is 18.9. The first-order valence-electron chi connectivity index (χ1n) is 8.55. The molecule has 0 fully saturated rings. The van der Waals surface area contributed by atoms with E-state index in [0.717, 1.165) is 11.1 Å². The average molecular weight is 374 g/mol. The molecule has 0 aliphatic heterocycles. The van der Waals surface area contributed by atoms with Crippen LogP contribution in [0, 0.1) is 25.2 Å². The fourth-order valence-corrected chi connectivity index (χ4v) is 2.65. The van der Waals surface area contributed by atoms with Gasteiger partial charge >= 0.3 is 0 Å². The molecule has 0 radical (unpaired) electrons. The molecule has 0 unspecified atom stereocenters. The Balaban J connectivity index is 2.27. The van der Waals surface area contributed by atoms with Crippen molar-refractivity contribution in [2.75, 3.05) is 7.05 Å². The molecule has 7 heteroatoms. The fraction of sp³-hybridized carbons (Fsp3) is 0.143. The Morgan fingerprint density at radius 2 is 2.04 bits per heavy atom. The lowest BCUT2D eigenvalue weighted by atomic mass is 10.1. The van der Waals surface area contributed by atoms with Crippen molar-refractivity contribution < 1.29 is 9.53 Å². The summed E-state index contributed by atoms with van der Waals surface area (Å²) in [5.74, 6) is -0.0282. The second-order valence-corrected chi connectivity index (χ2v) is 6.11. The summed E-state index contributed by atoms with van der Waals surface area (Å²) in [5, 5.41) is 11.7. The zero-order chi connectivity index (χ0) is 20.3. The maximum atomic E-state index is 13.0. The monoisotopic (exact) mass is 374 g/mol. The van der Waals surface area contributed by atoms with E-state index in [-0.39, 0.29) is 17.0 Å². The molecule has 7 nitrogen and oxygen atoms in total. The number of ether oxygens (including phenoxy) is 1. The highest BCUT2D eigenvalue weighted by Crippen LogP contribution is 2.28. The second-order valence-electron chi connectivity index (χ2n) is 6.11. The number of hydrogen-bond donors (Lipinski definition) is 1. The van der Waals surface area contributed by atoms with Gasteiger partial charge in [-0.05, 0) is 49.2 Å². The Bertz CT molecular complexity index is 1200. The van der Waals surface area contributed by atoms with Crippen LogP contribution in [0.25, 0.3) is 11.7 Å². The Kier molecular flexibility index (Phi) is 5.23. The molecule has 1 amide bonds. The van der Waals surface area contributed by atoms with Gasteiger partial charge in [-0.1, -0.05) is 18.2 Å². The van der Waals surface area contributed by atoms with Crippen LogP contribution in [0.1, 0.15) is 16.7 Å². The number of benzene rings is 1. The van der Waals surface area contributed by atoms with Crippen molar-refractivity contribution in [3.8, 4) is 17.7 Å². The summed E-state index contributed by atoms with van der Waals surface area (Å²) >= 11 is 0. The molecule has 2 heterocycles. The molecule has 0 aliphatic carbocycles. The highest BCUT2D eigenvalue weighted by Gasteiger charge is 2.17.